The monoisotopic (exact) mass is 459 g/mol. The van der Waals surface area contributed by atoms with Crippen molar-refractivity contribution >= 4 is 27.0 Å². The lowest BCUT2D eigenvalue weighted by Crippen LogP contribution is -2.13. The summed E-state index contributed by atoms with van der Waals surface area (Å²) in [6.07, 6.45) is 0. The van der Waals surface area contributed by atoms with Gasteiger partial charge in [-0.05, 0) is 56.3 Å². The number of sulfonamides is 1. The number of nitrogens with zero attached hydrogens (tertiary/aromatic N) is 2. The van der Waals surface area contributed by atoms with Crippen molar-refractivity contribution in [1.29, 1.82) is 0 Å². The fraction of sp³-hybridized carbons (Fsp3) is 0.143. The summed E-state index contributed by atoms with van der Waals surface area (Å²) in [5, 5.41) is 3.87. The number of hydrogen-bond acceptors (Lipinski definition) is 7. The van der Waals surface area contributed by atoms with Crippen LogP contribution in [0.4, 0.5) is 10.1 Å². The van der Waals surface area contributed by atoms with Gasteiger partial charge >= 0.3 is 0 Å². The minimum atomic E-state index is -3.83. The van der Waals surface area contributed by atoms with E-state index < -0.39 is 15.8 Å². The molecule has 2 heterocycles. The van der Waals surface area contributed by atoms with Crippen molar-refractivity contribution < 1.29 is 22.1 Å². The van der Waals surface area contributed by atoms with Gasteiger partial charge in [-0.3, -0.25) is 4.72 Å². The van der Waals surface area contributed by atoms with Crippen LogP contribution in [0.15, 0.2) is 64.0 Å². The fourth-order valence-corrected chi connectivity index (χ4v) is 5.47. The van der Waals surface area contributed by atoms with Gasteiger partial charge < -0.3 is 9.26 Å². The molecule has 4 rings (SSSR count). The van der Waals surface area contributed by atoms with Crippen LogP contribution in [-0.4, -0.2) is 25.2 Å². The maximum absolute atomic E-state index is 13.4. The predicted molar refractivity (Wildman–Crippen MR) is 116 cm³/mol. The van der Waals surface area contributed by atoms with Gasteiger partial charge in [0.1, 0.15) is 16.5 Å². The van der Waals surface area contributed by atoms with Crippen molar-refractivity contribution in [2.75, 3.05) is 11.3 Å². The number of anilines is 1. The zero-order valence-corrected chi connectivity index (χ0v) is 18.3. The Bertz CT molecular complexity index is 1310. The minimum absolute atomic E-state index is 0.117. The molecule has 0 amide bonds. The molecule has 0 saturated carbocycles. The van der Waals surface area contributed by atoms with Crippen LogP contribution in [0, 0.1) is 12.7 Å². The summed E-state index contributed by atoms with van der Waals surface area (Å²) in [5.74, 6) is 0.627. The third-order valence-electron chi connectivity index (χ3n) is 4.30. The highest BCUT2D eigenvalue weighted by atomic mass is 32.2. The minimum Gasteiger partial charge on any atom is -0.494 e. The van der Waals surface area contributed by atoms with Crippen molar-refractivity contribution in [2.24, 2.45) is 0 Å². The van der Waals surface area contributed by atoms with E-state index in [1.807, 2.05) is 6.92 Å². The van der Waals surface area contributed by atoms with E-state index in [9.17, 15) is 12.8 Å². The second-order valence-electron chi connectivity index (χ2n) is 6.53. The highest BCUT2D eigenvalue weighted by molar-refractivity contribution is 7.93. The van der Waals surface area contributed by atoms with E-state index in [0.29, 0.717) is 33.4 Å². The molecule has 0 spiro atoms. The third-order valence-corrected chi connectivity index (χ3v) is 6.97. The van der Waals surface area contributed by atoms with Gasteiger partial charge in [0.05, 0.1) is 11.5 Å². The second kappa shape index (κ2) is 8.48. The Kier molecular flexibility index (Phi) is 5.75. The van der Waals surface area contributed by atoms with Crippen molar-refractivity contribution in [1.82, 2.24) is 10.1 Å². The fourth-order valence-electron chi connectivity index (χ4n) is 2.90. The Hall–Kier alpha value is -3.24. The molecule has 0 unspecified atom stereocenters. The van der Waals surface area contributed by atoms with Gasteiger partial charge in [0.15, 0.2) is 0 Å². The van der Waals surface area contributed by atoms with E-state index in [-0.39, 0.29) is 16.6 Å². The SMILES string of the molecule is CCOc1ccc(NS(=O)(=O)c2cc(-c3nc(-c4cccc(F)c4)no3)sc2C)cc1. The molecule has 0 fully saturated rings. The van der Waals surface area contributed by atoms with Crippen LogP contribution in [-0.2, 0) is 10.0 Å². The topological polar surface area (TPSA) is 94.3 Å². The third kappa shape index (κ3) is 4.59. The van der Waals surface area contributed by atoms with Crippen molar-refractivity contribution in [3.63, 3.8) is 0 Å². The molecule has 0 atom stereocenters. The largest absolute Gasteiger partial charge is 0.494 e. The first-order valence-electron chi connectivity index (χ1n) is 9.32. The lowest BCUT2D eigenvalue weighted by molar-refractivity contribution is 0.340. The van der Waals surface area contributed by atoms with Gasteiger partial charge in [-0.1, -0.05) is 17.3 Å². The number of hydrogen-bond donors (Lipinski definition) is 1. The molecule has 2 aromatic heterocycles. The number of rotatable bonds is 7. The molecule has 160 valence electrons. The smallest absolute Gasteiger partial charge is 0.268 e. The van der Waals surface area contributed by atoms with Gasteiger partial charge in [0, 0.05) is 16.1 Å². The Morgan fingerprint density at radius 2 is 1.94 bits per heavy atom. The molecule has 4 aromatic rings. The molecule has 0 radical (unpaired) electrons. The van der Waals surface area contributed by atoms with Crippen LogP contribution in [0.25, 0.3) is 22.2 Å². The van der Waals surface area contributed by atoms with Crippen molar-refractivity contribution in [3.8, 4) is 27.9 Å². The van der Waals surface area contributed by atoms with Crippen molar-refractivity contribution in [2.45, 2.75) is 18.7 Å². The number of halogens is 1. The lowest BCUT2D eigenvalue weighted by Gasteiger charge is -2.08. The molecule has 1 N–H and O–H groups in total. The summed E-state index contributed by atoms with van der Waals surface area (Å²) in [5.41, 5.74) is 0.884. The summed E-state index contributed by atoms with van der Waals surface area (Å²) in [6.45, 7) is 4.10. The van der Waals surface area contributed by atoms with Crippen LogP contribution in [0.1, 0.15) is 11.8 Å². The van der Waals surface area contributed by atoms with Crippen LogP contribution in [0.5, 0.6) is 5.75 Å². The average Bonchev–Trinajstić information content (AvgIpc) is 3.37. The van der Waals surface area contributed by atoms with E-state index in [1.165, 1.54) is 29.5 Å². The first kappa shape index (κ1) is 21.0. The molecule has 0 bridgehead atoms. The molecule has 0 aliphatic heterocycles. The van der Waals surface area contributed by atoms with Gasteiger partial charge in [0.25, 0.3) is 15.9 Å². The zero-order valence-electron chi connectivity index (χ0n) is 16.6. The average molecular weight is 460 g/mol. The van der Waals surface area contributed by atoms with E-state index in [1.54, 1.807) is 43.3 Å². The number of ether oxygens (including phenoxy) is 1. The molecule has 7 nitrogen and oxygen atoms in total. The highest BCUT2D eigenvalue weighted by Gasteiger charge is 2.23. The summed E-state index contributed by atoms with van der Waals surface area (Å²) in [7, 11) is -3.83. The Labute approximate surface area is 182 Å². The Morgan fingerprint density at radius 1 is 1.16 bits per heavy atom. The second-order valence-corrected chi connectivity index (χ2v) is 9.43. The van der Waals surface area contributed by atoms with E-state index in [0.717, 1.165) is 0 Å². The number of aryl methyl sites for hydroxylation is 1. The number of benzene rings is 2. The summed E-state index contributed by atoms with van der Waals surface area (Å²) < 4.78 is 52.4. The van der Waals surface area contributed by atoms with Crippen LogP contribution < -0.4 is 9.46 Å². The first-order valence-corrected chi connectivity index (χ1v) is 11.6. The molecule has 0 aliphatic rings. The number of aromatic nitrogens is 2. The Balaban J connectivity index is 1.58. The van der Waals surface area contributed by atoms with Gasteiger partial charge in [-0.2, -0.15) is 4.98 Å². The summed E-state index contributed by atoms with van der Waals surface area (Å²) >= 11 is 1.22. The van der Waals surface area contributed by atoms with E-state index in [2.05, 4.69) is 14.9 Å². The molecule has 2 aromatic carbocycles. The predicted octanol–water partition coefficient (Wildman–Crippen LogP) is 5.11. The standard InChI is InChI=1S/C21H18FN3O4S2/c1-3-28-17-9-7-16(8-10-17)25-31(26,27)19-12-18(30-13(19)2)21-23-20(24-29-21)14-5-4-6-15(22)11-14/h4-12,25H,3H2,1-2H3. The van der Waals surface area contributed by atoms with Crippen molar-refractivity contribution in [3.05, 3.63) is 65.3 Å². The maximum atomic E-state index is 13.4. The lowest BCUT2D eigenvalue weighted by atomic mass is 10.2. The molecular formula is C21H18FN3O4S2. The van der Waals surface area contributed by atoms with Gasteiger partial charge in [-0.25, -0.2) is 12.8 Å². The normalized spacial score (nSPS) is 11.5. The number of nitrogens with one attached hydrogen (secondary N) is 1. The molecule has 31 heavy (non-hydrogen) atoms. The first-order chi connectivity index (χ1) is 14.9. The van der Waals surface area contributed by atoms with Crippen LogP contribution in [0.3, 0.4) is 0 Å². The zero-order chi connectivity index (χ0) is 22.0. The molecular weight excluding hydrogens is 441 g/mol. The quantitative estimate of drug-likeness (QED) is 0.413. The highest BCUT2D eigenvalue weighted by Crippen LogP contribution is 2.34. The summed E-state index contributed by atoms with van der Waals surface area (Å²) in [4.78, 5) is 5.46. The maximum Gasteiger partial charge on any atom is 0.268 e. The van der Waals surface area contributed by atoms with E-state index >= 15 is 0 Å². The summed E-state index contributed by atoms with van der Waals surface area (Å²) in [6, 6.07) is 14.0. The Morgan fingerprint density at radius 3 is 2.65 bits per heavy atom. The van der Waals surface area contributed by atoms with Crippen LogP contribution >= 0.6 is 11.3 Å². The molecule has 10 heteroatoms. The van der Waals surface area contributed by atoms with Crippen LogP contribution in [0.2, 0.25) is 0 Å². The van der Waals surface area contributed by atoms with E-state index in [4.69, 9.17) is 9.26 Å². The van der Waals surface area contributed by atoms with Gasteiger partial charge in [-0.15, -0.1) is 11.3 Å². The molecule has 0 aliphatic carbocycles. The number of thiophene rings is 1. The molecule has 0 saturated heterocycles. The van der Waals surface area contributed by atoms with Gasteiger partial charge in [0.2, 0.25) is 5.82 Å².